The van der Waals surface area contributed by atoms with E-state index in [2.05, 4.69) is 5.32 Å². The fraction of sp³-hybridized carbons (Fsp3) is 0.500. The number of hydrogen-bond acceptors (Lipinski definition) is 1. The Bertz CT molecular complexity index is 419. The van der Waals surface area contributed by atoms with Crippen molar-refractivity contribution in [3.8, 4) is 0 Å². The van der Waals surface area contributed by atoms with E-state index >= 15 is 0 Å². The highest BCUT2D eigenvalue weighted by atomic mass is 19.3. The molecule has 17 heavy (non-hydrogen) atoms. The Balaban J connectivity index is 2.21. The van der Waals surface area contributed by atoms with Gasteiger partial charge in [0.1, 0.15) is 0 Å². The third-order valence-corrected chi connectivity index (χ3v) is 3.21. The molecule has 5 heteroatoms. The van der Waals surface area contributed by atoms with Gasteiger partial charge in [0.25, 0.3) is 5.92 Å². The van der Waals surface area contributed by atoms with E-state index in [1.165, 1.54) is 13.0 Å². The van der Waals surface area contributed by atoms with Gasteiger partial charge in [-0.25, -0.2) is 17.6 Å². The summed E-state index contributed by atoms with van der Waals surface area (Å²) in [4.78, 5) is 0. The number of benzene rings is 1. The van der Waals surface area contributed by atoms with Crippen LogP contribution in [-0.4, -0.2) is 12.5 Å². The van der Waals surface area contributed by atoms with Crippen LogP contribution in [0.3, 0.4) is 0 Å². The average molecular weight is 247 g/mol. The molecule has 1 aliphatic rings. The number of halogens is 4. The lowest BCUT2D eigenvalue weighted by molar-refractivity contribution is -0.0841. The molecule has 94 valence electrons. The third kappa shape index (κ3) is 2.44. The fourth-order valence-corrected chi connectivity index (χ4v) is 1.98. The second-order valence-electron chi connectivity index (χ2n) is 4.50. The van der Waals surface area contributed by atoms with Crippen LogP contribution >= 0.6 is 0 Å². The Hall–Kier alpha value is -1.10. The van der Waals surface area contributed by atoms with Gasteiger partial charge in [-0.3, -0.25) is 0 Å². The monoisotopic (exact) mass is 247 g/mol. The van der Waals surface area contributed by atoms with Gasteiger partial charge in [0.2, 0.25) is 0 Å². The summed E-state index contributed by atoms with van der Waals surface area (Å²) in [5.41, 5.74) is 0.357. The summed E-state index contributed by atoms with van der Waals surface area (Å²) in [6.07, 6.45) is -0.390. The van der Waals surface area contributed by atoms with E-state index in [0.717, 1.165) is 12.1 Å². The number of alkyl halides is 2. The van der Waals surface area contributed by atoms with Gasteiger partial charge in [0.05, 0.1) is 0 Å². The average Bonchev–Trinajstić information content (AvgIpc) is 2.26. The van der Waals surface area contributed by atoms with E-state index in [4.69, 9.17) is 0 Å². The molecular weight excluding hydrogens is 234 g/mol. The summed E-state index contributed by atoms with van der Waals surface area (Å²) >= 11 is 0. The second-order valence-corrected chi connectivity index (χ2v) is 4.50. The van der Waals surface area contributed by atoms with E-state index in [1.54, 1.807) is 0 Å². The maximum Gasteiger partial charge on any atom is 0.253 e. The highest BCUT2D eigenvalue weighted by Crippen LogP contribution is 2.38. The van der Waals surface area contributed by atoms with Crippen LogP contribution in [0.5, 0.6) is 0 Å². The van der Waals surface area contributed by atoms with Crippen molar-refractivity contribution in [1.82, 2.24) is 5.32 Å². The van der Waals surface area contributed by atoms with E-state index in [1.807, 2.05) is 0 Å². The zero-order valence-electron chi connectivity index (χ0n) is 9.31. The summed E-state index contributed by atoms with van der Waals surface area (Å²) in [6.45, 7) is 1.63. The molecule has 1 N–H and O–H groups in total. The summed E-state index contributed by atoms with van der Waals surface area (Å²) in [6, 6.07) is 2.64. The first-order valence-corrected chi connectivity index (χ1v) is 5.46. The number of nitrogens with one attached hydrogen (secondary N) is 1. The van der Waals surface area contributed by atoms with Crippen LogP contribution in [-0.2, 0) is 0 Å². The largest absolute Gasteiger partial charge is 0.309 e. The standard InChI is InChI=1S/C12H13F4N/c1-7-6-17-11(5-12(7,15)16)8-2-3-9(13)10(14)4-8/h2-4,7,11,17H,5-6H2,1H3/t7?,11-/m0/s1. The van der Waals surface area contributed by atoms with Crippen LogP contribution in [0.2, 0.25) is 0 Å². The van der Waals surface area contributed by atoms with Crippen molar-refractivity contribution in [2.75, 3.05) is 6.54 Å². The van der Waals surface area contributed by atoms with Crippen molar-refractivity contribution < 1.29 is 17.6 Å². The number of rotatable bonds is 1. The van der Waals surface area contributed by atoms with Crippen molar-refractivity contribution in [2.24, 2.45) is 5.92 Å². The first-order chi connectivity index (χ1) is 7.90. The van der Waals surface area contributed by atoms with Gasteiger partial charge in [0.15, 0.2) is 11.6 Å². The van der Waals surface area contributed by atoms with Gasteiger partial charge in [-0.05, 0) is 17.7 Å². The van der Waals surface area contributed by atoms with Crippen LogP contribution in [0.4, 0.5) is 17.6 Å². The summed E-state index contributed by atoms with van der Waals surface area (Å²) in [5, 5.41) is 2.92. The maximum atomic E-state index is 13.5. The quantitative estimate of drug-likeness (QED) is 0.751. The van der Waals surface area contributed by atoms with Gasteiger partial charge in [0, 0.05) is 24.9 Å². The van der Waals surface area contributed by atoms with Gasteiger partial charge in [-0.15, -0.1) is 0 Å². The lowest BCUT2D eigenvalue weighted by Crippen LogP contribution is -2.45. The fourth-order valence-electron chi connectivity index (χ4n) is 1.98. The first-order valence-electron chi connectivity index (χ1n) is 5.46. The maximum absolute atomic E-state index is 13.5. The molecule has 2 rings (SSSR count). The molecule has 0 radical (unpaired) electrons. The molecule has 2 atom stereocenters. The minimum atomic E-state index is -2.78. The Morgan fingerprint density at radius 3 is 2.53 bits per heavy atom. The van der Waals surface area contributed by atoms with Crippen molar-refractivity contribution in [1.29, 1.82) is 0 Å². The highest BCUT2D eigenvalue weighted by molar-refractivity contribution is 5.22. The lowest BCUT2D eigenvalue weighted by atomic mass is 9.88. The Labute approximate surface area is 96.8 Å². The smallest absolute Gasteiger partial charge is 0.253 e. The molecule has 0 saturated carbocycles. The van der Waals surface area contributed by atoms with Crippen molar-refractivity contribution >= 4 is 0 Å². The molecule has 1 nitrogen and oxygen atoms in total. The lowest BCUT2D eigenvalue weighted by Gasteiger charge is -2.35. The molecule has 1 unspecified atom stereocenters. The van der Waals surface area contributed by atoms with E-state index in [9.17, 15) is 17.6 Å². The Kier molecular flexibility index (Phi) is 3.12. The minimum absolute atomic E-state index is 0.163. The minimum Gasteiger partial charge on any atom is -0.309 e. The van der Waals surface area contributed by atoms with Gasteiger partial charge in [-0.1, -0.05) is 13.0 Å². The number of piperidine rings is 1. The van der Waals surface area contributed by atoms with E-state index in [-0.39, 0.29) is 13.0 Å². The van der Waals surface area contributed by atoms with Gasteiger partial charge >= 0.3 is 0 Å². The van der Waals surface area contributed by atoms with Crippen LogP contribution in [0.1, 0.15) is 24.9 Å². The van der Waals surface area contributed by atoms with Gasteiger partial charge < -0.3 is 5.32 Å². The highest BCUT2D eigenvalue weighted by Gasteiger charge is 2.42. The topological polar surface area (TPSA) is 12.0 Å². The molecule has 0 bridgehead atoms. The molecule has 0 spiro atoms. The molecule has 1 aliphatic heterocycles. The van der Waals surface area contributed by atoms with Gasteiger partial charge in [-0.2, -0.15) is 0 Å². The van der Waals surface area contributed by atoms with Crippen LogP contribution in [0, 0.1) is 17.6 Å². The second kappa shape index (κ2) is 4.29. The summed E-state index contributed by atoms with van der Waals surface area (Å²) < 4.78 is 52.8. The number of hydrogen-bond donors (Lipinski definition) is 1. The van der Waals surface area contributed by atoms with E-state index < -0.39 is 29.5 Å². The molecule has 1 fully saturated rings. The summed E-state index contributed by atoms with van der Waals surface area (Å²) in [5.74, 6) is -5.50. The van der Waals surface area contributed by atoms with Crippen LogP contribution in [0.25, 0.3) is 0 Å². The molecule has 1 aromatic rings. The SMILES string of the molecule is CC1CN[C@H](c2ccc(F)c(F)c2)CC1(F)F. The molecule has 1 heterocycles. The summed E-state index contributed by atoms with van der Waals surface area (Å²) in [7, 11) is 0. The Morgan fingerprint density at radius 1 is 1.24 bits per heavy atom. The molecular formula is C12H13F4N. The van der Waals surface area contributed by atoms with Crippen LogP contribution in [0.15, 0.2) is 18.2 Å². The van der Waals surface area contributed by atoms with Crippen LogP contribution < -0.4 is 5.32 Å². The zero-order valence-corrected chi connectivity index (χ0v) is 9.31. The molecule has 0 aromatic heterocycles. The predicted octanol–water partition coefficient (Wildman–Crippen LogP) is 3.27. The van der Waals surface area contributed by atoms with Crippen molar-refractivity contribution in [3.05, 3.63) is 35.4 Å². The zero-order chi connectivity index (χ0) is 12.6. The first kappa shape index (κ1) is 12.4. The molecule has 0 amide bonds. The van der Waals surface area contributed by atoms with E-state index in [0.29, 0.717) is 5.56 Å². The molecule has 0 aliphatic carbocycles. The predicted molar refractivity (Wildman–Crippen MR) is 55.8 cm³/mol. The molecule has 1 saturated heterocycles. The third-order valence-electron chi connectivity index (χ3n) is 3.21. The molecule has 1 aromatic carbocycles. The van der Waals surface area contributed by atoms with Crippen molar-refractivity contribution in [3.63, 3.8) is 0 Å². The Morgan fingerprint density at radius 2 is 1.94 bits per heavy atom. The normalized spacial score (nSPS) is 28.1. The van der Waals surface area contributed by atoms with Crippen molar-refractivity contribution in [2.45, 2.75) is 25.3 Å².